The molecule has 0 aliphatic heterocycles. The standard InChI is InChI=1S/C21H21NO2/c1-2-24-21(23)14-17(16-8-4-3-5-9-16)12-13-18-15-22-20-11-7-6-10-19(18)20/h3-11,14-15,22H,2,12-13H2,1H3. The molecule has 0 aliphatic rings. The fourth-order valence-electron chi connectivity index (χ4n) is 2.89. The van der Waals surface area contributed by atoms with Crippen molar-refractivity contribution in [1.82, 2.24) is 4.98 Å². The Kier molecular flexibility index (Phi) is 5.12. The molecule has 122 valence electrons. The molecule has 1 N–H and O–H groups in total. The van der Waals surface area contributed by atoms with E-state index in [-0.39, 0.29) is 5.97 Å². The highest BCUT2D eigenvalue weighted by molar-refractivity contribution is 5.91. The average Bonchev–Trinajstić information content (AvgIpc) is 3.03. The summed E-state index contributed by atoms with van der Waals surface area (Å²) in [5.74, 6) is -0.282. The molecule has 3 aromatic rings. The van der Waals surface area contributed by atoms with E-state index < -0.39 is 0 Å². The molecule has 3 rings (SSSR count). The summed E-state index contributed by atoms with van der Waals surface area (Å²) in [6, 6.07) is 18.3. The van der Waals surface area contributed by atoms with Crippen molar-refractivity contribution in [2.75, 3.05) is 6.61 Å². The minimum absolute atomic E-state index is 0.282. The van der Waals surface area contributed by atoms with Crippen LogP contribution < -0.4 is 0 Å². The van der Waals surface area contributed by atoms with Crippen LogP contribution in [0.2, 0.25) is 0 Å². The number of carbonyl (C=O) groups excluding carboxylic acids is 1. The number of rotatable bonds is 6. The first kappa shape index (κ1) is 16.1. The van der Waals surface area contributed by atoms with Gasteiger partial charge in [0.25, 0.3) is 0 Å². The number of fused-ring (bicyclic) bond motifs is 1. The van der Waals surface area contributed by atoms with Crippen LogP contribution in [-0.2, 0) is 16.0 Å². The number of aryl methyl sites for hydroxylation is 1. The lowest BCUT2D eigenvalue weighted by Crippen LogP contribution is -2.01. The molecule has 0 unspecified atom stereocenters. The number of ether oxygens (including phenoxy) is 1. The number of esters is 1. The molecule has 3 nitrogen and oxygen atoms in total. The largest absolute Gasteiger partial charge is 0.463 e. The van der Waals surface area contributed by atoms with Crippen LogP contribution in [0, 0.1) is 0 Å². The molecule has 2 aromatic carbocycles. The number of H-pyrrole nitrogens is 1. The van der Waals surface area contributed by atoms with Gasteiger partial charge in [0.2, 0.25) is 0 Å². The number of carbonyl (C=O) groups is 1. The number of hydrogen-bond acceptors (Lipinski definition) is 2. The van der Waals surface area contributed by atoms with Crippen molar-refractivity contribution in [3.8, 4) is 0 Å². The molecular weight excluding hydrogens is 298 g/mol. The zero-order chi connectivity index (χ0) is 16.8. The Morgan fingerprint density at radius 2 is 1.83 bits per heavy atom. The van der Waals surface area contributed by atoms with Gasteiger partial charge in [-0.25, -0.2) is 4.79 Å². The first-order chi connectivity index (χ1) is 11.8. The van der Waals surface area contributed by atoms with E-state index in [9.17, 15) is 4.79 Å². The number of hydrogen-bond donors (Lipinski definition) is 1. The summed E-state index contributed by atoms with van der Waals surface area (Å²) in [4.78, 5) is 15.2. The lowest BCUT2D eigenvalue weighted by Gasteiger charge is -2.08. The van der Waals surface area contributed by atoms with Gasteiger partial charge in [-0.15, -0.1) is 0 Å². The Morgan fingerprint density at radius 1 is 1.08 bits per heavy atom. The van der Waals surface area contributed by atoms with E-state index in [0.717, 1.165) is 29.5 Å². The Balaban J connectivity index is 1.83. The van der Waals surface area contributed by atoms with Gasteiger partial charge < -0.3 is 9.72 Å². The second kappa shape index (κ2) is 7.64. The van der Waals surface area contributed by atoms with Gasteiger partial charge in [0, 0.05) is 23.2 Å². The highest BCUT2D eigenvalue weighted by Gasteiger charge is 2.08. The normalized spacial score (nSPS) is 11.6. The summed E-state index contributed by atoms with van der Waals surface area (Å²) in [6.07, 6.45) is 5.32. The number of aromatic amines is 1. The van der Waals surface area contributed by atoms with Crippen molar-refractivity contribution < 1.29 is 9.53 Å². The van der Waals surface area contributed by atoms with Gasteiger partial charge in [-0.3, -0.25) is 0 Å². The van der Waals surface area contributed by atoms with Gasteiger partial charge in [-0.2, -0.15) is 0 Å². The van der Waals surface area contributed by atoms with Crippen molar-refractivity contribution in [1.29, 1.82) is 0 Å². The van der Waals surface area contributed by atoms with Crippen molar-refractivity contribution in [3.63, 3.8) is 0 Å². The maximum absolute atomic E-state index is 11.9. The van der Waals surface area contributed by atoms with E-state index in [2.05, 4.69) is 23.3 Å². The molecule has 0 saturated carbocycles. The maximum atomic E-state index is 11.9. The van der Waals surface area contributed by atoms with Crippen LogP contribution >= 0.6 is 0 Å². The summed E-state index contributed by atoms with van der Waals surface area (Å²) >= 11 is 0. The summed E-state index contributed by atoms with van der Waals surface area (Å²) in [5, 5.41) is 1.24. The van der Waals surface area contributed by atoms with E-state index in [1.807, 2.05) is 49.4 Å². The number of nitrogens with one attached hydrogen (secondary N) is 1. The summed E-state index contributed by atoms with van der Waals surface area (Å²) < 4.78 is 5.08. The smallest absolute Gasteiger partial charge is 0.331 e. The quantitative estimate of drug-likeness (QED) is 0.526. The maximum Gasteiger partial charge on any atom is 0.331 e. The molecule has 0 atom stereocenters. The molecule has 1 aromatic heterocycles. The van der Waals surface area contributed by atoms with E-state index in [1.54, 1.807) is 6.08 Å². The second-order valence-electron chi connectivity index (χ2n) is 5.65. The van der Waals surface area contributed by atoms with E-state index in [1.165, 1.54) is 10.9 Å². The van der Waals surface area contributed by atoms with E-state index in [4.69, 9.17) is 4.74 Å². The zero-order valence-electron chi connectivity index (χ0n) is 13.8. The van der Waals surface area contributed by atoms with Crippen LogP contribution in [0.1, 0.15) is 24.5 Å². The molecular formula is C21H21NO2. The summed E-state index contributed by atoms with van der Waals surface area (Å²) in [5.41, 5.74) is 4.46. The first-order valence-corrected chi connectivity index (χ1v) is 8.25. The van der Waals surface area contributed by atoms with Crippen molar-refractivity contribution in [3.05, 3.63) is 78.0 Å². The van der Waals surface area contributed by atoms with E-state index >= 15 is 0 Å². The van der Waals surface area contributed by atoms with Gasteiger partial charge in [0.15, 0.2) is 0 Å². The van der Waals surface area contributed by atoms with Crippen LogP contribution in [0.3, 0.4) is 0 Å². The van der Waals surface area contributed by atoms with Crippen LogP contribution in [0.4, 0.5) is 0 Å². The Hall–Kier alpha value is -2.81. The molecule has 0 radical (unpaired) electrons. The molecule has 0 fully saturated rings. The Bertz CT molecular complexity index is 846. The molecule has 24 heavy (non-hydrogen) atoms. The Morgan fingerprint density at radius 3 is 2.62 bits per heavy atom. The van der Waals surface area contributed by atoms with E-state index in [0.29, 0.717) is 6.61 Å². The van der Waals surface area contributed by atoms with Crippen LogP contribution in [0.25, 0.3) is 16.5 Å². The highest BCUT2D eigenvalue weighted by Crippen LogP contribution is 2.24. The van der Waals surface area contributed by atoms with Crippen LogP contribution in [0.5, 0.6) is 0 Å². The molecule has 1 heterocycles. The van der Waals surface area contributed by atoms with Gasteiger partial charge in [0.1, 0.15) is 0 Å². The molecule has 3 heteroatoms. The van der Waals surface area contributed by atoms with Gasteiger partial charge in [-0.1, -0.05) is 48.5 Å². The molecule has 0 saturated heterocycles. The molecule has 0 bridgehead atoms. The van der Waals surface area contributed by atoms with Crippen molar-refractivity contribution in [2.24, 2.45) is 0 Å². The average molecular weight is 319 g/mol. The van der Waals surface area contributed by atoms with Gasteiger partial charge >= 0.3 is 5.97 Å². The fraction of sp³-hybridized carbons (Fsp3) is 0.190. The molecule has 0 aliphatic carbocycles. The summed E-state index contributed by atoms with van der Waals surface area (Å²) in [7, 11) is 0. The zero-order valence-corrected chi connectivity index (χ0v) is 13.8. The number of aromatic nitrogens is 1. The van der Waals surface area contributed by atoms with Gasteiger partial charge in [-0.05, 0) is 42.5 Å². The number of allylic oxidation sites excluding steroid dienone is 1. The van der Waals surface area contributed by atoms with Crippen molar-refractivity contribution in [2.45, 2.75) is 19.8 Å². The molecule has 0 amide bonds. The Labute approximate surface area is 142 Å². The fourth-order valence-corrected chi connectivity index (χ4v) is 2.89. The SMILES string of the molecule is CCOC(=O)C=C(CCc1c[nH]c2ccccc12)c1ccccc1. The first-order valence-electron chi connectivity index (χ1n) is 8.25. The molecule has 0 spiro atoms. The number of para-hydroxylation sites is 1. The predicted octanol–water partition coefficient (Wildman–Crippen LogP) is 4.75. The van der Waals surface area contributed by atoms with Gasteiger partial charge in [0.05, 0.1) is 6.61 Å². The predicted molar refractivity (Wildman–Crippen MR) is 97.7 cm³/mol. The lowest BCUT2D eigenvalue weighted by atomic mass is 9.98. The second-order valence-corrected chi connectivity index (χ2v) is 5.65. The van der Waals surface area contributed by atoms with Crippen LogP contribution in [-0.4, -0.2) is 17.6 Å². The monoisotopic (exact) mass is 319 g/mol. The summed E-state index contributed by atoms with van der Waals surface area (Å²) in [6.45, 7) is 2.21. The van der Waals surface area contributed by atoms with Crippen LogP contribution in [0.15, 0.2) is 66.9 Å². The lowest BCUT2D eigenvalue weighted by molar-refractivity contribution is -0.137. The topological polar surface area (TPSA) is 42.1 Å². The third-order valence-electron chi connectivity index (χ3n) is 4.06. The number of benzene rings is 2. The minimum atomic E-state index is -0.282. The minimum Gasteiger partial charge on any atom is -0.463 e. The third kappa shape index (κ3) is 3.74. The highest BCUT2D eigenvalue weighted by atomic mass is 16.5. The third-order valence-corrected chi connectivity index (χ3v) is 4.06. The van der Waals surface area contributed by atoms with Crippen molar-refractivity contribution >= 4 is 22.4 Å².